The van der Waals surface area contributed by atoms with Crippen molar-refractivity contribution in [1.82, 2.24) is 4.90 Å². The predicted octanol–water partition coefficient (Wildman–Crippen LogP) is 1.86. The van der Waals surface area contributed by atoms with Gasteiger partial charge in [0.15, 0.2) is 0 Å². The van der Waals surface area contributed by atoms with Crippen LogP contribution in [0.2, 0.25) is 0 Å². The lowest BCUT2D eigenvalue weighted by Crippen LogP contribution is -2.72. The van der Waals surface area contributed by atoms with Gasteiger partial charge in [-0.2, -0.15) is 0 Å². The smallest absolute Gasteiger partial charge is 0.411 e. The lowest BCUT2D eigenvalue weighted by atomic mass is 9.58. The van der Waals surface area contributed by atoms with Crippen molar-refractivity contribution < 1.29 is 19.4 Å². The summed E-state index contributed by atoms with van der Waals surface area (Å²) in [6, 6.07) is -0.689. The van der Waals surface area contributed by atoms with Gasteiger partial charge in [0.05, 0.1) is 0 Å². The van der Waals surface area contributed by atoms with E-state index in [1.165, 1.54) is 4.90 Å². The molecule has 1 N–H and O–H groups in total. The van der Waals surface area contributed by atoms with Gasteiger partial charge in [0.2, 0.25) is 0 Å². The topological polar surface area (TPSA) is 66.8 Å². The third-order valence-corrected chi connectivity index (χ3v) is 3.59. The molecule has 5 nitrogen and oxygen atoms in total. The van der Waals surface area contributed by atoms with Gasteiger partial charge in [-0.25, -0.2) is 9.59 Å². The summed E-state index contributed by atoms with van der Waals surface area (Å²) in [5, 5.41) is 9.20. The molecule has 1 saturated carbocycles. The van der Waals surface area contributed by atoms with E-state index >= 15 is 0 Å². The van der Waals surface area contributed by atoms with Crippen molar-refractivity contribution >= 4 is 12.1 Å². The van der Waals surface area contributed by atoms with E-state index in [2.05, 4.69) is 0 Å². The SMILES string of the molecule is CC(C)(C)OC(=O)N1CC2(CCC2)[C@H]1C(=O)O. The first-order valence-electron chi connectivity index (χ1n) is 5.98. The molecular weight excluding hydrogens is 222 g/mol. The highest BCUT2D eigenvalue weighted by atomic mass is 16.6. The summed E-state index contributed by atoms with van der Waals surface area (Å²) in [5.74, 6) is -0.915. The van der Waals surface area contributed by atoms with Crippen LogP contribution in [0, 0.1) is 5.41 Å². The van der Waals surface area contributed by atoms with Gasteiger partial charge in [0, 0.05) is 12.0 Å². The van der Waals surface area contributed by atoms with Gasteiger partial charge in [-0.05, 0) is 33.6 Å². The Morgan fingerprint density at radius 1 is 1.35 bits per heavy atom. The monoisotopic (exact) mass is 241 g/mol. The molecule has 1 atom stereocenters. The van der Waals surface area contributed by atoms with Crippen LogP contribution in [0.5, 0.6) is 0 Å². The number of carboxylic acids is 1. The van der Waals surface area contributed by atoms with E-state index in [0.29, 0.717) is 6.54 Å². The first-order valence-corrected chi connectivity index (χ1v) is 5.98. The maximum absolute atomic E-state index is 11.8. The molecule has 1 amide bonds. The van der Waals surface area contributed by atoms with Crippen LogP contribution >= 0.6 is 0 Å². The van der Waals surface area contributed by atoms with Crippen LogP contribution in [0.1, 0.15) is 40.0 Å². The summed E-state index contributed by atoms with van der Waals surface area (Å²) in [7, 11) is 0. The molecule has 0 aromatic rings. The summed E-state index contributed by atoms with van der Waals surface area (Å²) in [6.07, 6.45) is 2.36. The molecule has 17 heavy (non-hydrogen) atoms. The van der Waals surface area contributed by atoms with Crippen LogP contribution in [0.25, 0.3) is 0 Å². The zero-order valence-corrected chi connectivity index (χ0v) is 10.5. The van der Waals surface area contributed by atoms with Gasteiger partial charge in [0.1, 0.15) is 11.6 Å². The normalized spacial score (nSPS) is 26.1. The van der Waals surface area contributed by atoms with Gasteiger partial charge < -0.3 is 9.84 Å². The number of hydrogen-bond donors (Lipinski definition) is 1. The van der Waals surface area contributed by atoms with Crippen molar-refractivity contribution in [3.8, 4) is 0 Å². The molecule has 0 unspecified atom stereocenters. The van der Waals surface area contributed by atoms with Crippen molar-refractivity contribution in [2.75, 3.05) is 6.54 Å². The van der Waals surface area contributed by atoms with E-state index in [0.717, 1.165) is 19.3 Å². The number of rotatable bonds is 1. The molecule has 0 radical (unpaired) electrons. The highest BCUT2D eigenvalue weighted by molar-refractivity contribution is 5.83. The molecule has 2 aliphatic rings. The molecule has 1 saturated heterocycles. The predicted molar refractivity (Wildman–Crippen MR) is 60.6 cm³/mol. The van der Waals surface area contributed by atoms with Crippen LogP contribution in [-0.4, -0.2) is 40.3 Å². The molecule has 2 rings (SSSR count). The number of ether oxygens (including phenoxy) is 1. The maximum atomic E-state index is 11.8. The zero-order chi connectivity index (χ0) is 12.8. The number of carbonyl (C=O) groups excluding carboxylic acids is 1. The second-order valence-corrected chi connectivity index (χ2v) is 6.06. The van der Waals surface area contributed by atoms with E-state index < -0.39 is 23.7 Å². The highest BCUT2D eigenvalue weighted by Gasteiger charge is 2.61. The Kier molecular flexibility index (Phi) is 2.60. The fourth-order valence-corrected chi connectivity index (χ4v) is 2.68. The molecular formula is C12H19NO4. The van der Waals surface area contributed by atoms with Crippen molar-refractivity contribution in [2.24, 2.45) is 5.41 Å². The zero-order valence-electron chi connectivity index (χ0n) is 10.5. The van der Waals surface area contributed by atoms with E-state index in [4.69, 9.17) is 4.74 Å². The Morgan fingerprint density at radius 3 is 2.29 bits per heavy atom. The average Bonchev–Trinajstić information content (AvgIpc) is 1.92. The molecule has 1 aliphatic heterocycles. The lowest BCUT2D eigenvalue weighted by Gasteiger charge is -2.59. The van der Waals surface area contributed by atoms with E-state index in [-0.39, 0.29) is 5.41 Å². The van der Waals surface area contributed by atoms with Gasteiger partial charge in [-0.1, -0.05) is 6.42 Å². The summed E-state index contributed by atoms with van der Waals surface area (Å²) < 4.78 is 5.21. The summed E-state index contributed by atoms with van der Waals surface area (Å²) in [5.41, 5.74) is -0.745. The third kappa shape index (κ3) is 1.98. The van der Waals surface area contributed by atoms with Crippen LogP contribution < -0.4 is 0 Å². The summed E-state index contributed by atoms with van der Waals surface area (Å²) >= 11 is 0. The maximum Gasteiger partial charge on any atom is 0.411 e. The number of carbonyl (C=O) groups is 2. The first kappa shape index (κ1) is 12.2. The third-order valence-electron chi connectivity index (χ3n) is 3.59. The number of likely N-dealkylation sites (tertiary alicyclic amines) is 1. The molecule has 1 aliphatic carbocycles. The number of aliphatic carboxylic acids is 1. The van der Waals surface area contributed by atoms with Gasteiger partial charge in [-0.3, -0.25) is 4.90 Å². The highest BCUT2D eigenvalue weighted by Crippen LogP contribution is 2.53. The molecule has 2 fully saturated rings. The van der Waals surface area contributed by atoms with Crippen LogP contribution in [0.4, 0.5) is 4.79 Å². The summed E-state index contributed by atoms with van der Waals surface area (Å²) in [6.45, 7) is 5.86. The largest absolute Gasteiger partial charge is 0.480 e. The minimum Gasteiger partial charge on any atom is -0.480 e. The van der Waals surface area contributed by atoms with Crippen LogP contribution in [0.3, 0.4) is 0 Å². The Hall–Kier alpha value is -1.26. The van der Waals surface area contributed by atoms with Gasteiger partial charge in [-0.15, -0.1) is 0 Å². The molecule has 5 heteroatoms. The Balaban J connectivity index is 2.03. The second kappa shape index (κ2) is 3.62. The number of hydrogen-bond acceptors (Lipinski definition) is 3. The van der Waals surface area contributed by atoms with Gasteiger partial charge >= 0.3 is 12.1 Å². The quantitative estimate of drug-likeness (QED) is 0.761. The molecule has 0 aromatic heterocycles. The molecule has 0 bridgehead atoms. The number of carboxylic acid groups (broad SMARTS) is 1. The van der Waals surface area contributed by atoms with Crippen molar-refractivity contribution in [2.45, 2.75) is 51.7 Å². The Bertz CT molecular complexity index is 354. The van der Waals surface area contributed by atoms with E-state index in [1.807, 2.05) is 0 Å². The first-order chi connectivity index (χ1) is 7.75. The second-order valence-electron chi connectivity index (χ2n) is 6.06. The minimum absolute atomic E-state index is 0.164. The van der Waals surface area contributed by atoms with Crippen LogP contribution in [0.15, 0.2) is 0 Å². The molecule has 96 valence electrons. The van der Waals surface area contributed by atoms with Crippen molar-refractivity contribution in [3.05, 3.63) is 0 Å². The number of nitrogens with zero attached hydrogens (tertiary/aromatic N) is 1. The molecule has 1 spiro atoms. The van der Waals surface area contributed by atoms with Gasteiger partial charge in [0.25, 0.3) is 0 Å². The molecule has 0 aromatic carbocycles. The van der Waals surface area contributed by atoms with Crippen molar-refractivity contribution in [3.63, 3.8) is 0 Å². The summed E-state index contributed by atoms with van der Waals surface area (Å²) in [4.78, 5) is 24.4. The van der Waals surface area contributed by atoms with Crippen LogP contribution in [-0.2, 0) is 9.53 Å². The average molecular weight is 241 g/mol. The Morgan fingerprint density at radius 2 is 1.94 bits per heavy atom. The van der Waals surface area contributed by atoms with E-state index in [1.54, 1.807) is 20.8 Å². The lowest BCUT2D eigenvalue weighted by molar-refractivity contribution is -0.174. The number of amides is 1. The fourth-order valence-electron chi connectivity index (χ4n) is 2.68. The van der Waals surface area contributed by atoms with E-state index in [9.17, 15) is 14.7 Å². The molecule has 1 heterocycles. The van der Waals surface area contributed by atoms with Crippen molar-refractivity contribution in [1.29, 1.82) is 0 Å². The standard InChI is InChI=1S/C12H19NO4/c1-11(2,3)17-10(16)13-7-12(5-4-6-12)8(13)9(14)15/h8H,4-7H2,1-3H3,(H,14,15)/t8-/m1/s1. The minimum atomic E-state index is -0.915. The fraction of sp³-hybridized carbons (Fsp3) is 0.833. The Labute approximate surface area is 101 Å².